The largest absolute Gasteiger partial charge is 0.480 e. The standard InChI is InChI=1S/C12H16N2O2S/c15-12(16)9-13-10-1-3-11(4-2-10)14-5-7-17-8-6-14/h1-4,13H,5-9H2,(H,15,16). The van der Waals surface area contributed by atoms with E-state index < -0.39 is 5.97 Å². The molecule has 5 heteroatoms. The molecule has 92 valence electrons. The number of carboxylic acids is 1. The van der Waals surface area contributed by atoms with E-state index in [1.165, 1.54) is 17.2 Å². The van der Waals surface area contributed by atoms with Crippen molar-refractivity contribution in [1.29, 1.82) is 0 Å². The molecule has 1 aromatic carbocycles. The summed E-state index contributed by atoms with van der Waals surface area (Å²) >= 11 is 1.99. The van der Waals surface area contributed by atoms with Gasteiger partial charge in [-0.05, 0) is 24.3 Å². The fraction of sp³-hybridized carbons (Fsp3) is 0.417. The third kappa shape index (κ3) is 3.56. The van der Waals surface area contributed by atoms with Gasteiger partial charge in [0.25, 0.3) is 0 Å². The second-order valence-electron chi connectivity index (χ2n) is 3.89. The summed E-state index contributed by atoms with van der Waals surface area (Å²) in [5.74, 6) is 1.51. The van der Waals surface area contributed by atoms with Gasteiger partial charge in [-0.3, -0.25) is 4.79 Å². The fourth-order valence-electron chi connectivity index (χ4n) is 1.79. The Bertz CT molecular complexity index is 375. The van der Waals surface area contributed by atoms with E-state index in [0.717, 1.165) is 18.8 Å². The number of carboxylic acid groups (broad SMARTS) is 1. The third-order valence-corrected chi connectivity index (χ3v) is 3.63. The highest BCUT2D eigenvalue weighted by atomic mass is 32.2. The van der Waals surface area contributed by atoms with Crippen LogP contribution in [0.4, 0.5) is 11.4 Å². The van der Waals surface area contributed by atoms with Crippen molar-refractivity contribution in [2.75, 3.05) is 41.4 Å². The van der Waals surface area contributed by atoms with Gasteiger partial charge in [-0.25, -0.2) is 0 Å². The van der Waals surface area contributed by atoms with Crippen LogP contribution in [0, 0.1) is 0 Å². The number of hydrogen-bond acceptors (Lipinski definition) is 4. The summed E-state index contributed by atoms with van der Waals surface area (Å²) in [6, 6.07) is 7.94. The second kappa shape index (κ2) is 5.82. The molecule has 0 saturated carbocycles. The lowest BCUT2D eigenvalue weighted by atomic mass is 10.2. The molecule has 0 atom stereocenters. The molecule has 2 rings (SSSR count). The molecular formula is C12H16N2O2S. The number of rotatable bonds is 4. The first-order valence-electron chi connectivity index (χ1n) is 5.64. The molecule has 1 aliphatic rings. The van der Waals surface area contributed by atoms with Crippen LogP contribution in [-0.4, -0.2) is 42.2 Å². The van der Waals surface area contributed by atoms with Gasteiger partial charge >= 0.3 is 5.97 Å². The molecule has 0 radical (unpaired) electrons. The van der Waals surface area contributed by atoms with Crippen LogP contribution in [0.5, 0.6) is 0 Å². The van der Waals surface area contributed by atoms with Crippen LogP contribution in [0.1, 0.15) is 0 Å². The van der Waals surface area contributed by atoms with Crippen LogP contribution in [0.3, 0.4) is 0 Å². The Balaban J connectivity index is 1.94. The summed E-state index contributed by atoms with van der Waals surface area (Å²) in [5, 5.41) is 11.4. The number of aliphatic carboxylic acids is 1. The van der Waals surface area contributed by atoms with Crippen LogP contribution < -0.4 is 10.2 Å². The minimum atomic E-state index is -0.845. The van der Waals surface area contributed by atoms with Gasteiger partial charge in [-0.2, -0.15) is 11.8 Å². The van der Waals surface area contributed by atoms with Crippen molar-refractivity contribution in [2.45, 2.75) is 0 Å². The van der Waals surface area contributed by atoms with Crippen molar-refractivity contribution in [2.24, 2.45) is 0 Å². The molecule has 1 heterocycles. The zero-order valence-electron chi connectivity index (χ0n) is 9.56. The Hall–Kier alpha value is -1.36. The van der Waals surface area contributed by atoms with Crippen molar-refractivity contribution < 1.29 is 9.90 Å². The van der Waals surface area contributed by atoms with E-state index in [1.54, 1.807) is 0 Å². The van der Waals surface area contributed by atoms with E-state index in [9.17, 15) is 4.79 Å². The van der Waals surface area contributed by atoms with Crippen molar-refractivity contribution in [3.05, 3.63) is 24.3 Å². The molecule has 0 spiro atoms. The topological polar surface area (TPSA) is 52.6 Å². The Kier molecular flexibility index (Phi) is 4.14. The maximum Gasteiger partial charge on any atom is 0.322 e. The zero-order valence-corrected chi connectivity index (χ0v) is 10.4. The molecular weight excluding hydrogens is 236 g/mol. The molecule has 0 aromatic heterocycles. The zero-order chi connectivity index (χ0) is 12.1. The molecule has 0 aliphatic carbocycles. The monoisotopic (exact) mass is 252 g/mol. The number of nitrogens with one attached hydrogen (secondary N) is 1. The van der Waals surface area contributed by atoms with Gasteiger partial charge in [0.1, 0.15) is 6.54 Å². The van der Waals surface area contributed by atoms with E-state index in [2.05, 4.69) is 10.2 Å². The highest BCUT2D eigenvalue weighted by molar-refractivity contribution is 7.99. The van der Waals surface area contributed by atoms with Crippen LogP contribution in [0.25, 0.3) is 0 Å². The summed E-state index contributed by atoms with van der Waals surface area (Å²) in [6.45, 7) is 2.14. The molecule has 0 unspecified atom stereocenters. The van der Waals surface area contributed by atoms with Crippen LogP contribution in [0.2, 0.25) is 0 Å². The second-order valence-corrected chi connectivity index (χ2v) is 5.12. The quantitative estimate of drug-likeness (QED) is 0.855. The first kappa shape index (κ1) is 12.1. The van der Waals surface area contributed by atoms with E-state index in [0.29, 0.717) is 0 Å². The summed E-state index contributed by atoms with van der Waals surface area (Å²) in [5.41, 5.74) is 2.06. The summed E-state index contributed by atoms with van der Waals surface area (Å²) in [6.07, 6.45) is 0. The summed E-state index contributed by atoms with van der Waals surface area (Å²) < 4.78 is 0. The Morgan fingerprint density at radius 2 is 1.94 bits per heavy atom. The van der Waals surface area contributed by atoms with Crippen LogP contribution in [0.15, 0.2) is 24.3 Å². The van der Waals surface area contributed by atoms with Crippen molar-refractivity contribution in [3.8, 4) is 0 Å². The molecule has 2 N–H and O–H groups in total. The van der Waals surface area contributed by atoms with Gasteiger partial charge in [0.05, 0.1) is 0 Å². The van der Waals surface area contributed by atoms with Crippen molar-refractivity contribution >= 4 is 29.1 Å². The molecule has 1 fully saturated rings. The first-order valence-corrected chi connectivity index (χ1v) is 6.79. The Labute approximate surface area is 105 Å². The van der Waals surface area contributed by atoms with Gasteiger partial charge in [-0.15, -0.1) is 0 Å². The Morgan fingerprint density at radius 3 is 2.53 bits per heavy atom. The third-order valence-electron chi connectivity index (χ3n) is 2.69. The number of anilines is 2. The summed E-state index contributed by atoms with van der Waals surface area (Å²) in [4.78, 5) is 12.8. The van der Waals surface area contributed by atoms with Gasteiger partial charge in [0.2, 0.25) is 0 Å². The fourth-order valence-corrected chi connectivity index (χ4v) is 2.69. The van der Waals surface area contributed by atoms with E-state index in [1.807, 2.05) is 36.0 Å². The van der Waals surface area contributed by atoms with Crippen LogP contribution in [-0.2, 0) is 4.79 Å². The molecule has 0 bridgehead atoms. The summed E-state index contributed by atoms with van der Waals surface area (Å²) in [7, 11) is 0. The number of thioether (sulfide) groups is 1. The maximum atomic E-state index is 10.4. The minimum Gasteiger partial charge on any atom is -0.480 e. The van der Waals surface area contributed by atoms with Gasteiger partial charge in [0, 0.05) is 36.0 Å². The molecule has 0 amide bonds. The highest BCUT2D eigenvalue weighted by Crippen LogP contribution is 2.21. The van der Waals surface area contributed by atoms with Crippen molar-refractivity contribution in [1.82, 2.24) is 0 Å². The average molecular weight is 252 g/mol. The maximum absolute atomic E-state index is 10.4. The number of hydrogen-bond donors (Lipinski definition) is 2. The van der Waals surface area contributed by atoms with Gasteiger partial charge in [0.15, 0.2) is 0 Å². The molecule has 1 saturated heterocycles. The molecule has 4 nitrogen and oxygen atoms in total. The lowest BCUT2D eigenvalue weighted by Crippen LogP contribution is -2.32. The van der Waals surface area contributed by atoms with E-state index >= 15 is 0 Å². The normalized spacial score (nSPS) is 15.6. The minimum absolute atomic E-state index is 0.0420. The SMILES string of the molecule is O=C(O)CNc1ccc(N2CCSCC2)cc1. The van der Waals surface area contributed by atoms with E-state index in [-0.39, 0.29) is 6.54 Å². The van der Waals surface area contributed by atoms with E-state index in [4.69, 9.17) is 5.11 Å². The van der Waals surface area contributed by atoms with Gasteiger partial charge < -0.3 is 15.3 Å². The highest BCUT2D eigenvalue weighted by Gasteiger charge is 2.10. The number of benzene rings is 1. The van der Waals surface area contributed by atoms with Crippen LogP contribution >= 0.6 is 11.8 Å². The predicted octanol–water partition coefficient (Wildman–Crippen LogP) is 1.74. The smallest absolute Gasteiger partial charge is 0.322 e. The van der Waals surface area contributed by atoms with Gasteiger partial charge in [-0.1, -0.05) is 0 Å². The lowest BCUT2D eigenvalue weighted by Gasteiger charge is -2.28. The average Bonchev–Trinajstić information content (AvgIpc) is 2.38. The molecule has 17 heavy (non-hydrogen) atoms. The Morgan fingerprint density at radius 1 is 1.29 bits per heavy atom. The predicted molar refractivity (Wildman–Crippen MR) is 72.1 cm³/mol. The van der Waals surface area contributed by atoms with Crippen molar-refractivity contribution in [3.63, 3.8) is 0 Å². The number of nitrogens with zero attached hydrogens (tertiary/aromatic N) is 1. The lowest BCUT2D eigenvalue weighted by molar-refractivity contribution is -0.134. The number of carbonyl (C=O) groups is 1. The molecule has 1 aromatic rings. The molecule has 1 aliphatic heterocycles. The first-order chi connectivity index (χ1) is 8.25.